The van der Waals surface area contributed by atoms with E-state index in [2.05, 4.69) is 54.5 Å². The molecule has 0 aliphatic heterocycles. The van der Waals surface area contributed by atoms with Crippen molar-refractivity contribution in [2.45, 2.75) is 53.0 Å². The molecule has 0 saturated carbocycles. The van der Waals surface area contributed by atoms with Gasteiger partial charge in [-0.25, -0.2) is 0 Å². The molecule has 0 aromatic rings. The van der Waals surface area contributed by atoms with Gasteiger partial charge in [0.25, 0.3) is 0 Å². The maximum absolute atomic E-state index is 4.64. The molecule has 0 amide bonds. The second-order valence-corrected chi connectivity index (χ2v) is 6.31. The van der Waals surface area contributed by atoms with Gasteiger partial charge < -0.3 is 15.5 Å². The van der Waals surface area contributed by atoms with E-state index in [0.29, 0.717) is 6.04 Å². The number of hydrogen-bond acceptors (Lipinski definition) is 3. The fourth-order valence-electron chi connectivity index (χ4n) is 2.19. The minimum Gasteiger partial charge on any atom is -0.357 e. The first kappa shape index (κ1) is 20.6. The summed E-state index contributed by atoms with van der Waals surface area (Å²) in [6.07, 6.45) is 5.71. The molecule has 126 valence electrons. The van der Waals surface area contributed by atoms with E-state index in [4.69, 9.17) is 0 Å². The molecular weight excluding hydrogens is 280 g/mol. The number of thioether (sulfide) groups is 1. The van der Waals surface area contributed by atoms with E-state index in [0.717, 1.165) is 38.6 Å². The van der Waals surface area contributed by atoms with Gasteiger partial charge in [0.1, 0.15) is 0 Å². The van der Waals surface area contributed by atoms with Crippen molar-refractivity contribution >= 4 is 17.7 Å². The van der Waals surface area contributed by atoms with Crippen LogP contribution in [0.5, 0.6) is 0 Å². The van der Waals surface area contributed by atoms with Crippen LogP contribution in [0.3, 0.4) is 0 Å². The fraction of sp³-hybridized carbons (Fsp3) is 0.938. The van der Waals surface area contributed by atoms with E-state index >= 15 is 0 Å². The molecule has 1 atom stereocenters. The molecule has 0 aromatic heterocycles. The Labute approximate surface area is 136 Å². The Morgan fingerprint density at radius 3 is 2.48 bits per heavy atom. The molecule has 0 aliphatic rings. The largest absolute Gasteiger partial charge is 0.357 e. The zero-order chi connectivity index (χ0) is 15.9. The predicted molar refractivity (Wildman–Crippen MR) is 98.6 cm³/mol. The van der Waals surface area contributed by atoms with Gasteiger partial charge >= 0.3 is 0 Å². The maximum atomic E-state index is 4.64. The van der Waals surface area contributed by atoms with Gasteiger partial charge in [0.2, 0.25) is 0 Å². The minimum atomic E-state index is 0.471. The second-order valence-electron chi connectivity index (χ2n) is 5.32. The summed E-state index contributed by atoms with van der Waals surface area (Å²) in [5.41, 5.74) is 0. The Morgan fingerprint density at radius 2 is 1.90 bits per heavy atom. The molecule has 21 heavy (non-hydrogen) atoms. The Kier molecular flexibility index (Phi) is 14.2. The Balaban J connectivity index is 4.01. The highest BCUT2D eigenvalue weighted by Crippen LogP contribution is 2.00. The van der Waals surface area contributed by atoms with Crippen LogP contribution in [0.4, 0.5) is 0 Å². The van der Waals surface area contributed by atoms with Crippen LogP contribution in [-0.4, -0.2) is 61.6 Å². The monoisotopic (exact) mass is 316 g/mol. The van der Waals surface area contributed by atoms with Crippen molar-refractivity contribution in [3.63, 3.8) is 0 Å². The van der Waals surface area contributed by atoms with Crippen LogP contribution in [-0.2, 0) is 0 Å². The summed E-state index contributed by atoms with van der Waals surface area (Å²) in [4.78, 5) is 7.12. The lowest BCUT2D eigenvalue weighted by Crippen LogP contribution is -2.42. The quantitative estimate of drug-likeness (QED) is 0.330. The Morgan fingerprint density at radius 1 is 1.19 bits per heavy atom. The van der Waals surface area contributed by atoms with Gasteiger partial charge in [0.15, 0.2) is 5.96 Å². The third-order valence-electron chi connectivity index (χ3n) is 3.51. The van der Waals surface area contributed by atoms with E-state index in [9.17, 15) is 0 Å². The normalized spacial score (nSPS) is 13.5. The van der Waals surface area contributed by atoms with Crippen LogP contribution < -0.4 is 10.6 Å². The summed E-state index contributed by atoms with van der Waals surface area (Å²) in [7, 11) is 0. The van der Waals surface area contributed by atoms with Crippen molar-refractivity contribution in [3.05, 3.63) is 0 Å². The zero-order valence-electron chi connectivity index (χ0n) is 14.7. The third kappa shape index (κ3) is 11.9. The number of rotatable bonds is 12. The van der Waals surface area contributed by atoms with Gasteiger partial charge in [-0.2, -0.15) is 11.8 Å². The van der Waals surface area contributed by atoms with Crippen LogP contribution in [0.1, 0.15) is 47.0 Å². The zero-order valence-corrected chi connectivity index (χ0v) is 15.6. The number of aliphatic imine (C=N–C) groups is 1. The van der Waals surface area contributed by atoms with E-state index in [1.807, 2.05) is 11.8 Å². The van der Waals surface area contributed by atoms with Gasteiger partial charge in [-0.05, 0) is 64.8 Å². The molecule has 0 radical (unpaired) electrons. The van der Waals surface area contributed by atoms with Crippen molar-refractivity contribution in [1.29, 1.82) is 0 Å². The maximum Gasteiger partial charge on any atom is 0.191 e. The van der Waals surface area contributed by atoms with Crippen molar-refractivity contribution in [2.75, 3.05) is 44.7 Å². The topological polar surface area (TPSA) is 39.7 Å². The average molecular weight is 317 g/mol. The number of hydrogen-bond donors (Lipinski definition) is 2. The second kappa shape index (κ2) is 14.5. The molecule has 0 fully saturated rings. The average Bonchev–Trinajstić information content (AvgIpc) is 2.48. The highest BCUT2D eigenvalue weighted by Gasteiger charge is 2.06. The summed E-state index contributed by atoms with van der Waals surface area (Å²) in [5, 5.41) is 6.85. The summed E-state index contributed by atoms with van der Waals surface area (Å²) < 4.78 is 0. The molecule has 0 bridgehead atoms. The van der Waals surface area contributed by atoms with Crippen LogP contribution in [0.15, 0.2) is 4.99 Å². The minimum absolute atomic E-state index is 0.471. The highest BCUT2D eigenvalue weighted by atomic mass is 32.2. The Hall–Kier alpha value is -0.420. The number of nitrogens with zero attached hydrogens (tertiary/aromatic N) is 2. The van der Waals surface area contributed by atoms with Crippen LogP contribution in [0.2, 0.25) is 0 Å². The lowest BCUT2D eigenvalue weighted by Gasteiger charge is -2.21. The molecular formula is C16H36N4S. The van der Waals surface area contributed by atoms with E-state index in [-0.39, 0.29) is 0 Å². The van der Waals surface area contributed by atoms with Crippen molar-refractivity contribution in [2.24, 2.45) is 4.99 Å². The fourth-order valence-corrected chi connectivity index (χ4v) is 2.60. The molecule has 0 aromatic carbocycles. The molecule has 2 N–H and O–H groups in total. The van der Waals surface area contributed by atoms with Crippen molar-refractivity contribution in [1.82, 2.24) is 15.5 Å². The third-order valence-corrected chi connectivity index (χ3v) is 4.21. The first-order valence-corrected chi connectivity index (χ1v) is 9.83. The number of guanidine groups is 1. The van der Waals surface area contributed by atoms with Gasteiger partial charge in [-0.15, -0.1) is 0 Å². The van der Waals surface area contributed by atoms with E-state index < -0.39 is 0 Å². The number of nitrogens with one attached hydrogen (secondary N) is 2. The molecule has 0 aliphatic carbocycles. The predicted octanol–water partition coefficient (Wildman–Crippen LogP) is 2.81. The summed E-state index contributed by atoms with van der Waals surface area (Å²) in [6.45, 7) is 14.1. The summed E-state index contributed by atoms with van der Waals surface area (Å²) in [5.74, 6) is 2.15. The molecule has 0 saturated heterocycles. The first-order valence-electron chi connectivity index (χ1n) is 8.43. The van der Waals surface area contributed by atoms with Gasteiger partial charge in [0, 0.05) is 19.1 Å². The smallest absolute Gasteiger partial charge is 0.191 e. The van der Waals surface area contributed by atoms with Crippen molar-refractivity contribution < 1.29 is 0 Å². The van der Waals surface area contributed by atoms with Crippen LogP contribution in [0, 0.1) is 0 Å². The van der Waals surface area contributed by atoms with Crippen LogP contribution >= 0.6 is 11.8 Å². The van der Waals surface area contributed by atoms with E-state index in [1.165, 1.54) is 25.1 Å². The standard InChI is InChI=1S/C16H36N4S/c1-6-17-16(18-12-10-14-21-5)19-15(4)11-9-13-20(7-2)8-3/h15H,6-14H2,1-5H3,(H2,17,18,19). The van der Waals surface area contributed by atoms with Gasteiger partial charge in [-0.1, -0.05) is 13.8 Å². The molecule has 5 heteroatoms. The highest BCUT2D eigenvalue weighted by molar-refractivity contribution is 7.98. The summed E-state index contributed by atoms with van der Waals surface area (Å²) in [6, 6.07) is 0.471. The molecule has 0 spiro atoms. The van der Waals surface area contributed by atoms with Crippen molar-refractivity contribution in [3.8, 4) is 0 Å². The summed E-state index contributed by atoms with van der Waals surface area (Å²) >= 11 is 1.88. The lowest BCUT2D eigenvalue weighted by molar-refractivity contribution is 0.292. The van der Waals surface area contributed by atoms with Gasteiger partial charge in [-0.3, -0.25) is 4.99 Å². The van der Waals surface area contributed by atoms with Crippen LogP contribution in [0.25, 0.3) is 0 Å². The molecule has 0 rings (SSSR count). The Bertz CT molecular complexity index is 255. The van der Waals surface area contributed by atoms with E-state index in [1.54, 1.807) is 0 Å². The molecule has 4 nitrogen and oxygen atoms in total. The molecule has 1 unspecified atom stereocenters. The first-order chi connectivity index (χ1) is 10.2. The lowest BCUT2D eigenvalue weighted by atomic mass is 10.2. The molecule has 0 heterocycles. The SMILES string of the molecule is CCNC(=NCCCSC)NC(C)CCCN(CC)CC. The van der Waals surface area contributed by atoms with Gasteiger partial charge in [0.05, 0.1) is 0 Å².